The summed E-state index contributed by atoms with van der Waals surface area (Å²) in [7, 11) is 3.73. The molecule has 26 heavy (non-hydrogen) atoms. The lowest BCUT2D eigenvalue weighted by Gasteiger charge is -2.18. The topological polar surface area (TPSA) is 76.2 Å². The van der Waals surface area contributed by atoms with Crippen molar-refractivity contribution in [3.05, 3.63) is 47.1 Å². The van der Waals surface area contributed by atoms with Gasteiger partial charge in [-0.15, -0.1) is 0 Å². The van der Waals surface area contributed by atoms with Gasteiger partial charge in [0.25, 0.3) is 0 Å². The van der Waals surface area contributed by atoms with Gasteiger partial charge in [0.15, 0.2) is 0 Å². The average Bonchev–Trinajstić information content (AvgIpc) is 3.21. The molecule has 0 bridgehead atoms. The fourth-order valence-corrected chi connectivity index (χ4v) is 3.51. The van der Waals surface area contributed by atoms with Crippen LogP contribution in [0.25, 0.3) is 11.0 Å². The number of para-hydroxylation sites is 2. The molecule has 0 saturated heterocycles. The number of aromatic nitrogens is 3. The van der Waals surface area contributed by atoms with Gasteiger partial charge < -0.3 is 19.3 Å². The van der Waals surface area contributed by atoms with Crippen molar-refractivity contribution in [3.63, 3.8) is 0 Å². The number of urea groups is 1. The average molecular weight is 353 g/mol. The van der Waals surface area contributed by atoms with E-state index in [1.165, 1.54) is 5.56 Å². The second-order valence-electron chi connectivity index (χ2n) is 6.83. The lowest BCUT2D eigenvalue weighted by molar-refractivity contribution is 0.204. The van der Waals surface area contributed by atoms with Crippen LogP contribution in [0.2, 0.25) is 0 Å². The molecular weight excluding hydrogens is 330 g/mol. The third-order valence-corrected chi connectivity index (χ3v) is 5.04. The summed E-state index contributed by atoms with van der Waals surface area (Å²) in [5, 5.41) is 7.11. The van der Waals surface area contributed by atoms with Crippen LogP contribution < -0.4 is 5.32 Å². The summed E-state index contributed by atoms with van der Waals surface area (Å²) in [4.78, 5) is 18.7. The molecule has 2 amide bonds. The quantitative estimate of drug-likeness (QED) is 0.782. The molecule has 136 valence electrons. The van der Waals surface area contributed by atoms with Crippen LogP contribution in [0.1, 0.15) is 35.7 Å². The normalized spacial score (nSPS) is 13.6. The molecule has 0 saturated carbocycles. The van der Waals surface area contributed by atoms with Crippen molar-refractivity contribution >= 4 is 17.1 Å². The molecule has 3 aromatic rings. The van der Waals surface area contributed by atoms with E-state index in [0.29, 0.717) is 13.1 Å². The molecule has 1 N–H and O–H groups in total. The van der Waals surface area contributed by atoms with E-state index < -0.39 is 0 Å². The Balaban J connectivity index is 1.39. The minimum absolute atomic E-state index is 0.149. The number of aryl methyl sites for hydroxylation is 2. The summed E-state index contributed by atoms with van der Waals surface area (Å²) < 4.78 is 7.43. The van der Waals surface area contributed by atoms with Gasteiger partial charge in [-0.25, -0.2) is 9.78 Å². The van der Waals surface area contributed by atoms with E-state index in [9.17, 15) is 4.79 Å². The Bertz CT molecular complexity index is 943. The second-order valence-corrected chi connectivity index (χ2v) is 6.83. The summed E-state index contributed by atoms with van der Waals surface area (Å²) in [5.74, 6) is 1.81. The third kappa shape index (κ3) is 3.05. The van der Waals surface area contributed by atoms with E-state index in [-0.39, 0.29) is 6.03 Å². The van der Waals surface area contributed by atoms with Gasteiger partial charge in [0, 0.05) is 26.1 Å². The highest BCUT2D eigenvalue weighted by Gasteiger charge is 2.21. The molecule has 1 aliphatic rings. The van der Waals surface area contributed by atoms with Crippen molar-refractivity contribution in [2.45, 2.75) is 38.8 Å². The molecule has 2 heterocycles. The number of carbonyl (C=O) groups excluding carboxylic acids is 1. The van der Waals surface area contributed by atoms with Crippen LogP contribution in [-0.2, 0) is 33.0 Å². The van der Waals surface area contributed by atoms with Gasteiger partial charge in [0.1, 0.15) is 17.3 Å². The maximum absolute atomic E-state index is 12.5. The van der Waals surface area contributed by atoms with Crippen molar-refractivity contribution in [2.75, 3.05) is 7.05 Å². The van der Waals surface area contributed by atoms with Crippen LogP contribution in [0.3, 0.4) is 0 Å². The van der Waals surface area contributed by atoms with E-state index in [0.717, 1.165) is 54.0 Å². The zero-order chi connectivity index (χ0) is 18.1. The maximum Gasteiger partial charge on any atom is 0.317 e. The molecule has 0 atom stereocenters. The number of imidazole rings is 1. The Morgan fingerprint density at radius 3 is 2.96 bits per heavy atom. The van der Waals surface area contributed by atoms with E-state index in [4.69, 9.17) is 4.52 Å². The number of amides is 2. The van der Waals surface area contributed by atoms with Crippen LogP contribution in [0.4, 0.5) is 4.79 Å². The Kier molecular flexibility index (Phi) is 4.36. The van der Waals surface area contributed by atoms with Crippen molar-refractivity contribution in [2.24, 2.45) is 7.05 Å². The van der Waals surface area contributed by atoms with E-state index in [1.54, 1.807) is 11.9 Å². The number of nitrogens with zero attached hydrogens (tertiary/aromatic N) is 4. The number of hydrogen-bond donors (Lipinski definition) is 1. The fraction of sp³-hybridized carbons (Fsp3) is 0.421. The Morgan fingerprint density at radius 2 is 2.12 bits per heavy atom. The van der Waals surface area contributed by atoms with Gasteiger partial charge in [-0.1, -0.05) is 17.3 Å². The standard InChI is InChI=1S/C19H23N5O2/c1-23(12-15-13-7-3-6-10-17(13)26-22-15)19(25)20-11-18-21-14-8-4-5-9-16(14)24(18)2/h4-5,8-9H,3,6-7,10-12H2,1-2H3,(H,20,25). The lowest BCUT2D eigenvalue weighted by Crippen LogP contribution is -2.37. The minimum atomic E-state index is -0.149. The molecular formula is C19H23N5O2. The van der Waals surface area contributed by atoms with Crippen LogP contribution in [0.5, 0.6) is 0 Å². The van der Waals surface area contributed by atoms with E-state index in [1.807, 2.05) is 35.9 Å². The van der Waals surface area contributed by atoms with Gasteiger partial charge in [-0.3, -0.25) is 0 Å². The Hall–Kier alpha value is -2.83. The van der Waals surface area contributed by atoms with Gasteiger partial charge >= 0.3 is 6.03 Å². The number of rotatable bonds is 4. The molecule has 4 rings (SSSR count). The number of fused-ring (bicyclic) bond motifs is 2. The fourth-order valence-electron chi connectivity index (χ4n) is 3.51. The van der Waals surface area contributed by atoms with Crippen molar-refractivity contribution in [1.29, 1.82) is 0 Å². The lowest BCUT2D eigenvalue weighted by atomic mass is 9.96. The summed E-state index contributed by atoms with van der Waals surface area (Å²) in [6.45, 7) is 0.832. The Morgan fingerprint density at radius 1 is 1.31 bits per heavy atom. The Labute approximate surface area is 152 Å². The molecule has 2 aromatic heterocycles. The zero-order valence-corrected chi connectivity index (χ0v) is 15.2. The van der Waals surface area contributed by atoms with Crippen molar-refractivity contribution < 1.29 is 9.32 Å². The van der Waals surface area contributed by atoms with E-state index in [2.05, 4.69) is 15.5 Å². The SMILES string of the molecule is CN(Cc1noc2c1CCCC2)C(=O)NCc1nc2ccccc2n1C. The predicted octanol–water partition coefficient (Wildman–Crippen LogP) is 2.78. The first-order valence-electron chi connectivity index (χ1n) is 8.99. The van der Waals surface area contributed by atoms with Gasteiger partial charge in [-0.2, -0.15) is 0 Å². The third-order valence-electron chi connectivity index (χ3n) is 5.04. The second kappa shape index (κ2) is 6.82. The summed E-state index contributed by atoms with van der Waals surface area (Å²) in [5.41, 5.74) is 4.05. The van der Waals surface area contributed by atoms with Crippen molar-refractivity contribution in [1.82, 2.24) is 24.9 Å². The molecule has 1 aliphatic carbocycles. The molecule has 7 heteroatoms. The smallest absolute Gasteiger partial charge is 0.317 e. The zero-order valence-electron chi connectivity index (χ0n) is 15.2. The molecule has 0 unspecified atom stereocenters. The molecule has 0 aliphatic heterocycles. The number of carbonyl (C=O) groups is 1. The first kappa shape index (κ1) is 16.6. The molecule has 0 radical (unpaired) electrons. The summed E-state index contributed by atoms with van der Waals surface area (Å²) >= 11 is 0. The van der Waals surface area contributed by atoms with Crippen molar-refractivity contribution in [3.8, 4) is 0 Å². The molecule has 1 aromatic carbocycles. The van der Waals surface area contributed by atoms with E-state index >= 15 is 0 Å². The first-order valence-corrected chi connectivity index (χ1v) is 8.99. The van der Waals surface area contributed by atoms with Gasteiger partial charge in [-0.05, 0) is 31.4 Å². The number of benzene rings is 1. The number of nitrogens with one attached hydrogen (secondary N) is 1. The summed E-state index contributed by atoms with van der Waals surface area (Å²) in [6.07, 6.45) is 4.24. The van der Waals surface area contributed by atoms with Gasteiger partial charge in [0.05, 0.1) is 24.1 Å². The monoisotopic (exact) mass is 353 g/mol. The van der Waals surface area contributed by atoms with Crippen LogP contribution in [-0.4, -0.2) is 32.7 Å². The highest BCUT2D eigenvalue weighted by atomic mass is 16.5. The largest absolute Gasteiger partial charge is 0.361 e. The first-order chi connectivity index (χ1) is 12.6. The highest BCUT2D eigenvalue weighted by Crippen LogP contribution is 2.24. The maximum atomic E-state index is 12.5. The van der Waals surface area contributed by atoms with Crippen LogP contribution >= 0.6 is 0 Å². The van der Waals surface area contributed by atoms with Crippen LogP contribution in [0, 0.1) is 0 Å². The number of hydrogen-bond acceptors (Lipinski definition) is 4. The minimum Gasteiger partial charge on any atom is -0.361 e. The van der Waals surface area contributed by atoms with Gasteiger partial charge in [0.2, 0.25) is 0 Å². The van der Waals surface area contributed by atoms with Crippen LogP contribution in [0.15, 0.2) is 28.8 Å². The molecule has 0 fully saturated rings. The predicted molar refractivity (Wildman–Crippen MR) is 97.6 cm³/mol. The molecule has 7 nitrogen and oxygen atoms in total. The molecule has 0 spiro atoms. The summed E-state index contributed by atoms with van der Waals surface area (Å²) in [6, 6.07) is 7.79. The highest BCUT2D eigenvalue weighted by molar-refractivity contribution is 5.76.